The molecule has 2 unspecified atom stereocenters. The Labute approximate surface area is 220 Å². The molecule has 4 aromatic carbocycles. The van der Waals surface area contributed by atoms with Crippen LogP contribution in [-0.2, 0) is 17.8 Å². The molecular formula is C33H35NO3. The van der Waals surface area contributed by atoms with E-state index in [9.17, 15) is 9.90 Å². The molecule has 4 rings (SSSR count). The minimum absolute atomic E-state index is 0.109. The number of aliphatic hydroxyl groups is 1. The zero-order valence-corrected chi connectivity index (χ0v) is 21.3. The first kappa shape index (κ1) is 26.2. The maximum atomic E-state index is 13.5. The molecule has 0 aromatic heterocycles. The molecule has 0 aliphatic carbocycles. The first-order chi connectivity index (χ1) is 18.1. The van der Waals surface area contributed by atoms with Crippen molar-refractivity contribution in [2.75, 3.05) is 6.54 Å². The van der Waals surface area contributed by atoms with Gasteiger partial charge in [0.15, 0.2) is 0 Å². The van der Waals surface area contributed by atoms with Crippen LogP contribution >= 0.6 is 0 Å². The van der Waals surface area contributed by atoms with E-state index in [1.165, 1.54) is 11.1 Å². The van der Waals surface area contributed by atoms with Crippen LogP contribution < -0.4 is 0 Å². The number of amides is 1. The van der Waals surface area contributed by atoms with Gasteiger partial charge in [-0.2, -0.15) is 0 Å². The van der Waals surface area contributed by atoms with Gasteiger partial charge >= 0.3 is 6.09 Å². The number of carbonyl (C=O) groups excluding carboxylic acids is 1. The molecule has 0 aliphatic rings. The van der Waals surface area contributed by atoms with Crippen molar-refractivity contribution in [2.45, 2.75) is 44.4 Å². The fraction of sp³-hybridized carbons (Fsp3) is 0.242. The number of ether oxygens (including phenoxy) is 1. The molecule has 4 heteroatoms. The predicted molar refractivity (Wildman–Crippen MR) is 148 cm³/mol. The highest BCUT2D eigenvalue weighted by molar-refractivity contribution is 5.68. The van der Waals surface area contributed by atoms with Crippen molar-refractivity contribution < 1.29 is 14.6 Å². The minimum atomic E-state index is -0.726. The molecule has 4 aromatic rings. The Morgan fingerprint density at radius 2 is 1.19 bits per heavy atom. The molecule has 190 valence electrons. The third-order valence-electron chi connectivity index (χ3n) is 6.75. The van der Waals surface area contributed by atoms with Crippen molar-refractivity contribution in [1.82, 2.24) is 4.90 Å². The highest BCUT2D eigenvalue weighted by Crippen LogP contribution is 2.29. The van der Waals surface area contributed by atoms with Gasteiger partial charge in [0.05, 0.1) is 12.1 Å². The molecule has 0 saturated carbocycles. The van der Waals surface area contributed by atoms with E-state index in [1.807, 2.05) is 97.1 Å². The summed E-state index contributed by atoms with van der Waals surface area (Å²) in [6.07, 6.45) is 0.106. The summed E-state index contributed by atoms with van der Waals surface area (Å²) in [5.41, 5.74) is 4.39. The average molecular weight is 494 g/mol. The van der Waals surface area contributed by atoms with Crippen molar-refractivity contribution >= 4 is 6.09 Å². The van der Waals surface area contributed by atoms with E-state index in [4.69, 9.17) is 4.74 Å². The van der Waals surface area contributed by atoms with Crippen LogP contribution in [0.5, 0.6) is 0 Å². The zero-order valence-electron chi connectivity index (χ0n) is 21.3. The van der Waals surface area contributed by atoms with Crippen LogP contribution in [0.4, 0.5) is 4.79 Å². The lowest BCUT2D eigenvalue weighted by molar-refractivity contribution is 0.0363. The lowest BCUT2D eigenvalue weighted by Crippen LogP contribution is -2.48. The molecular weight excluding hydrogens is 458 g/mol. The van der Waals surface area contributed by atoms with Gasteiger partial charge in [-0.05, 0) is 42.0 Å². The van der Waals surface area contributed by atoms with Gasteiger partial charge in [0, 0.05) is 12.5 Å². The Morgan fingerprint density at radius 1 is 0.730 bits per heavy atom. The Kier molecular flexibility index (Phi) is 9.50. The van der Waals surface area contributed by atoms with Crippen molar-refractivity contribution in [3.8, 4) is 0 Å². The summed E-state index contributed by atoms with van der Waals surface area (Å²) < 4.78 is 5.78. The largest absolute Gasteiger partial charge is 0.445 e. The molecule has 0 aliphatic heterocycles. The van der Waals surface area contributed by atoms with E-state index < -0.39 is 18.2 Å². The Morgan fingerprint density at radius 3 is 1.68 bits per heavy atom. The number of hydrogen-bond acceptors (Lipinski definition) is 3. The lowest BCUT2D eigenvalue weighted by atomic mass is 9.88. The Bertz CT molecular complexity index is 1160. The molecule has 4 nitrogen and oxygen atoms in total. The van der Waals surface area contributed by atoms with Gasteiger partial charge in [-0.1, -0.05) is 121 Å². The highest BCUT2D eigenvalue weighted by atomic mass is 16.6. The summed E-state index contributed by atoms with van der Waals surface area (Å²) in [6.45, 7) is 2.39. The van der Waals surface area contributed by atoms with Gasteiger partial charge in [-0.3, -0.25) is 0 Å². The number of rotatable bonds is 11. The number of carbonyl (C=O) groups is 1. The smallest absolute Gasteiger partial charge is 0.410 e. The standard InChI is InChI=1S/C33H35NO3/c1-26(35)32(24-27-14-6-2-7-15-27)34(33(36)37-25-28-16-8-3-9-17-28)23-22-31(29-18-10-4-11-19-29)30-20-12-5-13-21-30/h2-21,26,31-32,35H,22-25H2,1H3. The van der Waals surface area contributed by atoms with Gasteiger partial charge in [-0.15, -0.1) is 0 Å². The molecule has 1 N–H and O–H groups in total. The molecule has 2 atom stereocenters. The van der Waals surface area contributed by atoms with E-state index in [-0.39, 0.29) is 12.5 Å². The Balaban J connectivity index is 1.59. The summed E-state index contributed by atoms with van der Waals surface area (Å²) in [5, 5.41) is 10.8. The van der Waals surface area contributed by atoms with E-state index in [0.29, 0.717) is 19.4 Å². The third-order valence-corrected chi connectivity index (χ3v) is 6.75. The molecule has 37 heavy (non-hydrogen) atoms. The van der Waals surface area contributed by atoms with Crippen LogP contribution in [0.2, 0.25) is 0 Å². The molecule has 0 radical (unpaired) electrons. The normalized spacial score (nSPS) is 12.6. The zero-order chi connectivity index (χ0) is 25.9. The molecule has 0 fully saturated rings. The second-order valence-electron chi connectivity index (χ2n) is 9.39. The van der Waals surface area contributed by atoms with Gasteiger partial charge in [0.1, 0.15) is 6.61 Å². The predicted octanol–water partition coefficient (Wildman–Crippen LogP) is 6.84. The summed E-state index contributed by atoms with van der Waals surface area (Å²) in [6, 6.07) is 40.0. The van der Waals surface area contributed by atoms with Gasteiger partial charge < -0.3 is 14.7 Å². The average Bonchev–Trinajstić information content (AvgIpc) is 2.95. The van der Waals surface area contributed by atoms with Crippen LogP contribution in [0.1, 0.15) is 41.5 Å². The lowest BCUT2D eigenvalue weighted by Gasteiger charge is -2.34. The molecule has 0 bridgehead atoms. The SMILES string of the molecule is CC(O)C(Cc1ccccc1)N(CCC(c1ccccc1)c1ccccc1)C(=O)OCc1ccccc1. The maximum absolute atomic E-state index is 13.5. The van der Waals surface area contributed by atoms with E-state index in [1.54, 1.807) is 11.8 Å². The highest BCUT2D eigenvalue weighted by Gasteiger charge is 2.30. The van der Waals surface area contributed by atoms with Gasteiger partial charge in [0.25, 0.3) is 0 Å². The van der Waals surface area contributed by atoms with E-state index >= 15 is 0 Å². The second-order valence-corrected chi connectivity index (χ2v) is 9.39. The number of benzene rings is 4. The summed E-state index contributed by atoms with van der Waals surface area (Å²) in [4.78, 5) is 15.3. The van der Waals surface area contributed by atoms with Crippen LogP contribution in [0, 0.1) is 0 Å². The summed E-state index contributed by atoms with van der Waals surface area (Å²) in [7, 11) is 0. The number of hydrogen-bond donors (Lipinski definition) is 1. The van der Waals surface area contributed by atoms with Crippen molar-refractivity contribution in [2.24, 2.45) is 0 Å². The topological polar surface area (TPSA) is 49.8 Å². The Hall–Kier alpha value is -3.89. The summed E-state index contributed by atoms with van der Waals surface area (Å²) in [5.74, 6) is 0.109. The third kappa shape index (κ3) is 7.55. The van der Waals surface area contributed by atoms with Crippen molar-refractivity contribution in [3.05, 3.63) is 144 Å². The van der Waals surface area contributed by atoms with Crippen LogP contribution in [0.25, 0.3) is 0 Å². The van der Waals surface area contributed by atoms with Crippen molar-refractivity contribution in [3.63, 3.8) is 0 Å². The van der Waals surface area contributed by atoms with E-state index in [0.717, 1.165) is 11.1 Å². The molecule has 0 heterocycles. The first-order valence-electron chi connectivity index (χ1n) is 12.9. The molecule has 0 spiro atoms. The van der Waals surface area contributed by atoms with E-state index in [2.05, 4.69) is 24.3 Å². The first-order valence-corrected chi connectivity index (χ1v) is 12.9. The monoisotopic (exact) mass is 493 g/mol. The minimum Gasteiger partial charge on any atom is -0.445 e. The number of aliphatic hydroxyl groups excluding tert-OH is 1. The maximum Gasteiger partial charge on any atom is 0.410 e. The fourth-order valence-electron chi connectivity index (χ4n) is 4.76. The molecule has 0 saturated heterocycles. The fourth-order valence-corrected chi connectivity index (χ4v) is 4.76. The van der Waals surface area contributed by atoms with Gasteiger partial charge in [0.2, 0.25) is 0 Å². The van der Waals surface area contributed by atoms with Gasteiger partial charge in [-0.25, -0.2) is 4.79 Å². The number of nitrogens with zero attached hydrogens (tertiary/aromatic N) is 1. The van der Waals surface area contributed by atoms with Crippen molar-refractivity contribution in [1.29, 1.82) is 0 Å². The van der Waals surface area contributed by atoms with Crippen LogP contribution in [-0.4, -0.2) is 34.8 Å². The second kappa shape index (κ2) is 13.4. The quantitative estimate of drug-likeness (QED) is 0.249. The van der Waals surface area contributed by atoms with Crippen LogP contribution in [0.15, 0.2) is 121 Å². The molecule has 1 amide bonds. The summed E-state index contributed by atoms with van der Waals surface area (Å²) >= 11 is 0. The van der Waals surface area contributed by atoms with Crippen LogP contribution in [0.3, 0.4) is 0 Å².